The molecule has 3 rings (SSSR count). The molecule has 5 nitrogen and oxygen atoms in total. The van der Waals surface area contributed by atoms with Crippen LogP contribution in [-0.2, 0) is 0 Å². The Hall–Kier alpha value is -1.96. The van der Waals surface area contributed by atoms with Crippen LogP contribution in [0.2, 0.25) is 0 Å². The second-order valence-corrected chi connectivity index (χ2v) is 6.86. The van der Waals surface area contributed by atoms with E-state index in [4.69, 9.17) is 4.74 Å². The van der Waals surface area contributed by atoms with Crippen molar-refractivity contribution in [3.05, 3.63) is 52.1 Å². The molecule has 0 aliphatic carbocycles. The van der Waals surface area contributed by atoms with Gasteiger partial charge in [0.1, 0.15) is 5.75 Å². The van der Waals surface area contributed by atoms with Gasteiger partial charge in [0.2, 0.25) is 0 Å². The van der Waals surface area contributed by atoms with Gasteiger partial charge in [-0.25, -0.2) is 4.79 Å². The molecule has 24 heavy (non-hydrogen) atoms. The van der Waals surface area contributed by atoms with Crippen LogP contribution in [0.1, 0.15) is 0 Å². The number of amides is 2. The second kappa shape index (κ2) is 7.74. The van der Waals surface area contributed by atoms with Gasteiger partial charge in [-0.2, -0.15) is 0 Å². The molecule has 1 N–H and O–H groups in total. The lowest BCUT2D eigenvalue weighted by Gasteiger charge is -2.36. The quantitative estimate of drug-likeness (QED) is 0.746. The largest absolute Gasteiger partial charge is 0.497 e. The number of halogens is 1. The van der Waals surface area contributed by atoms with E-state index in [9.17, 15) is 4.79 Å². The van der Waals surface area contributed by atoms with Gasteiger partial charge in [0, 0.05) is 47.2 Å². The zero-order valence-corrected chi connectivity index (χ0v) is 15.7. The Kier molecular flexibility index (Phi) is 5.44. The Morgan fingerprint density at radius 3 is 2.46 bits per heavy atom. The van der Waals surface area contributed by atoms with Crippen LogP contribution in [0, 0.1) is 3.57 Å². The lowest BCUT2D eigenvalue weighted by molar-refractivity contribution is 0.208. The van der Waals surface area contributed by atoms with Gasteiger partial charge in [-0.3, -0.25) is 0 Å². The molecule has 126 valence electrons. The fourth-order valence-electron chi connectivity index (χ4n) is 2.71. The molecule has 2 amide bonds. The Bertz CT molecular complexity index is 698. The number of anilines is 2. The maximum absolute atomic E-state index is 12.4. The van der Waals surface area contributed by atoms with Crippen molar-refractivity contribution in [2.45, 2.75) is 0 Å². The molecule has 2 aromatic carbocycles. The van der Waals surface area contributed by atoms with Crippen LogP contribution in [0.25, 0.3) is 0 Å². The van der Waals surface area contributed by atoms with E-state index >= 15 is 0 Å². The number of hydrogen-bond acceptors (Lipinski definition) is 3. The van der Waals surface area contributed by atoms with Crippen molar-refractivity contribution in [1.29, 1.82) is 0 Å². The first-order chi connectivity index (χ1) is 11.7. The summed E-state index contributed by atoms with van der Waals surface area (Å²) in [4.78, 5) is 16.5. The van der Waals surface area contributed by atoms with Crippen molar-refractivity contribution in [1.82, 2.24) is 4.90 Å². The molecule has 1 heterocycles. The number of carbonyl (C=O) groups is 1. The lowest BCUT2D eigenvalue weighted by atomic mass is 10.2. The van der Waals surface area contributed by atoms with Gasteiger partial charge in [-0.15, -0.1) is 0 Å². The zero-order valence-electron chi connectivity index (χ0n) is 13.5. The maximum Gasteiger partial charge on any atom is 0.321 e. The number of urea groups is 1. The number of hydrogen-bond donors (Lipinski definition) is 1. The van der Waals surface area contributed by atoms with E-state index in [1.54, 1.807) is 7.11 Å². The average molecular weight is 437 g/mol. The van der Waals surface area contributed by atoms with Gasteiger partial charge in [0.05, 0.1) is 7.11 Å². The number of ether oxygens (including phenoxy) is 1. The molecule has 1 saturated heterocycles. The molecule has 0 unspecified atom stereocenters. The van der Waals surface area contributed by atoms with E-state index in [-0.39, 0.29) is 6.03 Å². The normalized spacial score (nSPS) is 14.4. The highest BCUT2D eigenvalue weighted by Gasteiger charge is 2.21. The molecule has 2 aromatic rings. The molecule has 0 atom stereocenters. The van der Waals surface area contributed by atoms with Crippen molar-refractivity contribution >= 4 is 40.0 Å². The lowest BCUT2D eigenvalue weighted by Crippen LogP contribution is -2.50. The molecule has 1 aliphatic rings. The number of benzene rings is 2. The SMILES string of the molecule is COc1cccc(N2CCN(C(=O)Nc3ccc(I)cc3)CC2)c1. The third-order valence-electron chi connectivity index (χ3n) is 4.08. The maximum atomic E-state index is 12.4. The first kappa shape index (κ1) is 16.9. The van der Waals surface area contributed by atoms with Crippen LogP contribution < -0.4 is 15.0 Å². The molecule has 0 spiro atoms. The predicted octanol–water partition coefficient (Wildman–Crippen LogP) is 3.65. The van der Waals surface area contributed by atoms with Crippen molar-refractivity contribution in [2.75, 3.05) is 43.5 Å². The first-order valence-electron chi connectivity index (χ1n) is 7.86. The summed E-state index contributed by atoms with van der Waals surface area (Å²) in [5, 5.41) is 2.96. The minimum Gasteiger partial charge on any atom is -0.497 e. The minimum atomic E-state index is -0.0403. The third kappa shape index (κ3) is 4.11. The Balaban J connectivity index is 1.56. The highest BCUT2D eigenvalue weighted by atomic mass is 127. The number of rotatable bonds is 3. The molecule has 6 heteroatoms. The van der Waals surface area contributed by atoms with Gasteiger partial charge >= 0.3 is 6.03 Å². The zero-order chi connectivity index (χ0) is 16.9. The molecule has 0 saturated carbocycles. The van der Waals surface area contributed by atoms with Crippen LogP contribution in [0.15, 0.2) is 48.5 Å². The van der Waals surface area contributed by atoms with E-state index in [1.807, 2.05) is 47.4 Å². The number of piperazine rings is 1. The van der Waals surface area contributed by atoms with Crippen molar-refractivity contribution in [3.8, 4) is 5.75 Å². The number of nitrogens with zero attached hydrogens (tertiary/aromatic N) is 2. The minimum absolute atomic E-state index is 0.0403. The Morgan fingerprint density at radius 2 is 1.79 bits per heavy atom. The van der Waals surface area contributed by atoms with Crippen LogP contribution in [-0.4, -0.2) is 44.2 Å². The summed E-state index contributed by atoms with van der Waals surface area (Å²) in [6, 6.07) is 15.8. The summed E-state index contributed by atoms with van der Waals surface area (Å²) < 4.78 is 6.43. The van der Waals surface area contributed by atoms with E-state index in [0.29, 0.717) is 13.1 Å². The molecule has 1 fully saturated rings. The summed E-state index contributed by atoms with van der Waals surface area (Å²) in [7, 11) is 1.67. The van der Waals surface area contributed by atoms with Gasteiger partial charge in [0.25, 0.3) is 0 Å². The summed E-state index contributed by atoms with van der Waals surface area (Å²) in [5.41, 5.74) is 1.96. The van der Waals surface area contributed by atoms with E-state index in [2.05, 4.69) is 38.9 Å². The molecular formula is C18H20IN3O2. The van der Waals surface area contributed by atoms with Gasteiger partial charge in [0.15, 0.2) is 0 Å². The highest BCUT2D eigenvalue weighted by molar-refractivity contribution is 14.1. The fourth-order valence-corrected chi connectivity index (χ4v) is 3.07. The van der Waals surface area contributed by atoms with Gasteiger partial charge in [-0.1, -0.05) is 6.07 Å². The smallest absolute Gasteiger partial charge is 0.321 e. The van der Waals surface area contributed by atoms with E-state index in [1.165, 1.54) is 0 Å². The summed E-state index contributed by atoms with van der Waals surface area (Å²) in [5.74, 6) is 0.853. The number of carbonyl (C=O) groups excluding carboxylic acids is 1. The van der Waals surface area contributed by atoms with Crippen molar-refractivity contribution < 1.29 is 9.53 Å². The Labute approximate surface area is 155 Å². The average Bonchev–Trinajstić information content (AvgIpc) is 2.64. The van der Waals surface area contributed by atoms with E-state index < -0.39 is 0 Å². The predicted molar refractivity (Wildman–Crippen MR) is 105 cm³/mol. The molecule has 0 aromatic heterocycles. The van der Waals surface area contributed by atoms with Crippen LogP contribution in [0.3, 0.4) is 0 Å². The van der Waals surface area contributed by atoms with Gasteiger partial charge in [-0.05, 0) is 59.0 Å². The van der Waals surface area contributed by atoms with Crippen LogP contribution in [0.4, 0.5) is 16.2 Å². The van der Waals surface area contributed by atoms with Crippen molar-refractivity contribution in [3.63, 3.8) is 0 Å². The molecular weight excluding hydrogens is 417 g/mol. The van der Waals surface area contributed by atoms with Crippen LogP contribution >= 0.6 is 22.6 Å². The monoisotopic (exact) mass is 437 g/mol. The van der Waals surface area contributed by atoms with Crippen LogP contribution in [0.5, 0.6) is 5.75 Å². The fraction of sp³-hybridized carbons (Fsp3) is 0.278. The van der Waals surface area contributed by atoms with Crippen molar-refractivity contribution in [2.24, 2.45) is 0 Å². The second-order valence-electron chi connectivity index (χ2n) is 5.61. The van der Waals surface area contributed by atoms with Gasteiger partial charge < -0.3 is 19.9 Å². The summed E-state index contributed by atoms with van der Waals surface area (Å²) in [6.07, 6.45) is 0. The molecule has 0 radical (unpaired) electrons. The summed E-state index contributed by atoms with van der Waals surface area (Å²) >= 11 is 2.25. The number of nitrogens with one attached hydrogen (secondary N) is 1. The van der Waals surface area contributed by atoms with E-state index in [0.717, 1.165) is 33.8 Å². The standard InChI is InChI=1S/C18H20IN3O2/c1-24-17-4-2-3-16(13-17)21-9-11-22(12-10-21)18(23)20-15-7-5-14(19)6-8-15/h2-8,13H,9-12H2,1H3,(H,20,23). The first-order valence-corrected chi connectivity index (χ1v) is 8.94. The third-order valence-corrected chi connectivity index (χ3v) is 4.80. The molecule has 0 bridgehead atoms. The highest BCUT2D eigenvalue weighted by Crippen LogP contribution is 2.22. The number of methoxy groups -OCH3 is 1. The molecule has 1 aliphatic heterocycles. The summed E-state index contributed by atoms with van der Waals surface area (Å²) in [6.45, 7) is 3.03. The Morgan fingerprint density at radius 1 is 1.08 bits per heavy atom. The topological polar surface area (TPSA) is 44.8 Å².